The number of aromatic nitrogens is 2. The molecule has 162 valence electrons. The lowest BCUT2D eigenvalue weighted by molar-refractivity contribution is 0.214. The van der Waals surface area contributed by atoms with Gasteiger partial charge in [-0.25, -0.2) is 13.4 Å². The van der Waals surface area contributed by atoms with E-state index in [1.54, 1.807) is 36.7 Å². The van der Waals surface area contributed by atoms with Gasteiger partial charge in [-0.3, -0.25) is 4.98 Å². The first-order chi connectivity index (χ1) is 15.4. The van der Waals surface area contributed by atoms with Crippen LogP contribution in [0.2, 0.25) is 0 Å². The molecule has 0 fully saturated rings. The lowest BCUT2D eigenvalue weighted by atomic mass is 9.98. The highest BCUT2D eigenvalue weighted by atomic mass is 32.2. The van der Waals surface area contributed by atoms with Gasteiger partial charge in [-0.1, -0.05) is 30.3 Å². The number of sulfonamides is 1. The Labute approximate surface area is 186 Å². The maximum Gasteiger partial charge on any atom is 0.243 e. The predicted molar refractivity (Wildman–Crippen MR) is 118 cm³/mol. The lowest BCUT2D eigenvalue weighted by Crippen LogP contribution is -2.25. The van der Waals surface area contributed by atoms with E-state index in [4.69, 9.17) is 4.42 Å². The molecule has 1 aliphatic heterocycles. The monoisotopic (exact) mass is 447 g/mol. The number of aliphatic hydroxyl groups excluding tert-OH is 1. The van der Waals surface area contributed by atoms with Gasteiger partial charge in [0.25, 0.3) is 0 Å². The molecule has 0 aliphatic carbocycles. The minimum absolute atomic E-state index is 0.204. The van der Waals surface area contributed by atoms with Gasteiger partial charge in [0, 0.05) is 24.8 Å². The van der Waals surface area contributed by atoms with E-state index in [0.29, 0.717) is 17.1 Å². The van der Waals surface area contributed by atoms with Crippen molar-refractivity contribution in [3.63, 3.8) is 0 Å². The summed E-state index contributed by atoms with van der Waals surface area (Å²) in [4.78, 5) is 8.75. The van der Waals surface area contributed by atoms with Crippen molar-refractivity contribution in [2.75, 3.05) is 0 Å². The van der Waals surface area contributed by atoms with Crippen molar-refractivity contribution in [3.05, 3.63) is 101 Å². The summed E-state index contributed by atoms with van der Waals surface area (Å²) in [6.07, 6.45) is 3.82. The minimum Gasteiger partial charge on any atom is -0.445 e. The molecule has 0 bridgehead atoms. The van der Waals surface area contributed by atoms with Gasteiger partial charge in [-0.05, 0) is 53.4 Å². The molecule has 32 heavy (non-hydrogen) atoms. The number of aliphatic hydroxyl groups is 1. The van der Waals surface area contributed by atoms with Gasteiger partial charge in [0.05, 0.1) is 16.8 Å². The van der Waals surface area contributed by atoms with E-state index in [1.807, 2.05) is 37.3 Å². The zero-order valence-corrected chi connectivity index (χ0v) is 18.2. The summed E-state index contributed by atoms with van der Waals surface area (Å²) >= 11 is 0. The van der Waals surface area contributed by atoms with Crippen molar-refractivity contribution >= 4 is 10.0 Å². The summed E-state index contributed by atoms with van der Waals surface area (Å²) in [5.74, 6) is 0.439. The van der Waals surface area contributed by atoms with Crippen molar-refractivity contribution in [1.82, 2.24) is 14.3 Å². The van der Waals surface area contributed by atoms with Crippen molar-refractivity contribution < 1.29 is 17.9 Å². The molecule has 8 heteroatoms. The van der Waals surface area contributed by atoms with Crippen molar-refractivity contribution in [1.29, 1.82) is 0 Å². The molecule has 0 saturated carbocycles. The highest BCUT2D eigenvalue weighted by molar-refractivity contribution is 7.89. The molecular weight excluding hydrogens is 426 g/mol. The molecule has 0 spiro atoms. The molecule has 2 aromatic carbocycles. The molecule has 1 aliphatic rings. The number of benzene rings is 2. The molecule has 3 heterocycles. The van der Waals surface area contributed by atoms with Crippen LogP contribution < -0.4 is 0 Å². The number of nitrogens with zero attached hydrogens (tertiary/aromatic N) is 3. The number of hydrogen-bond acceptors (Lipinski definition) is 6. The molecule has 0 radical (unpaired) electrons. The van der Waals surface area contributed by atoms with Gasteiger partial charge >= 0.3 is 0 Å². The van der Waals surface area contributed by atoms with E-state index in [0.717, 1.165) is 22.3 Å². The number of fused-ring (bicyclic) bond motifs is 1. The maximum atomic E-state index is 13.3. The van der Waals surface area contributed by atoms with E-state index in [-0.39, 0.29) is 18.0 Å². The largest absolute Gasteiger partial charge is 0.445 e. The van der Waals surface area contributed by atoms with E-state index in [9.17, 15) is 13.5 Å². The highest BCUT2D eigenvalue weighted by Gasteiger charge is 2.33. The number of oxazole rings is 1. The first-order valence-corrected chi connectivity index (χ1v) is 11.6. The first-order valence-electron chi connectivity index (χ1n) is 10.2. The molecule has 0 amide bonds. The molecule has 7 nitrogen and oxygen atoms in total. The third kappa shape index (κ3) is 3.52. The van der Waals surface area contributed by atoms with E-state index >= 15 is 0 Å². The van der Waals surface area contributed by atoms with Gasteiger partial charge in [0.2, 0.25) is 15.9 Å². The van der Waals surface area contributed by atoms with E-state index in [2.05, 4.69) is 9.97 Å². The Hall–Kier alpha value is -3.33. The van der Waals surface area contributed by atoms with E-state index < -0.39 is 16.1 Å². The van der Waals surface area contributed by atoms with Crippen LogP contribution in [-0.2, 0) is 23.1 Å². The van der Waals surface area contributed by atoms with Crippen LogP contribution in [0.3, 0.4) is 0 Å². The van der Waals surface area contributed by atoms with Crippen LogP contribution in [-0.4, -0.2) is 27.8 Å². The van der Waals surface area contributed by atoms with Crippen LogP contribution in [0.5, 0.6) is 0 Å². The third-order valence-corrected chi connectivity index (χ3v) is 7.62. The van der Waals surface area contributed by atoms with Gasteiger partial charge in [-0.2, -0.15) is 4.31 Å². The Balaban J connectivity index is 1.41. The SMILES string of the molecule is Cc1c(C(O)c2ccccc2)ncc2c1CN(S(=O)(=O)c1ccc(-c3ncco3)cc1)C2. The number of rotatable bonds is 5. The summed E-state index contributed by atoms with van der Waals surface area (Å²) in [5.41, 5.74) is 4.56. The lowest BCUT2D eigenvalue weighted by Gasteiger charge is -2.16. The number of hydrogen-bond donors (Lipinski definition) is 1. The van der Waals surface area contributed by atoms with Crippen LogP contribution >= 0.6 is 0 Å². The van der Waals surface area contributed by atoms with Crippen molar-refractivity contribution in [2.24, 2.45) is 0 Å². The fourth-order valence-corrected chi connectivity index (χ4v) is 5.41. The van der Waals surface area contributed by atoms with E-state index in [1.165, 1.54) is 10.6 Å². The Morgan fingerprint density at radius 2 is 1.78 bits per heavy atom. The van der Waals surface area contributed by atoms with Gasteiger partial charge in [-0.15, -0.1) is 0 Å². The van der Waals surface area contributed by atoms with Gasteiger partial charge in [0.15, 0.2) is 0 Å². The summed E-state index contributed by atoms with van der Waals surface area (Å²) in [6.45, 7) is 2.37. The van der Waals surface area contributed by atoms with Gasteiger partial charge in [0.1, 0.15) is 12.4 Å². The Kier molecular flexibility index (Phi) is 5.13. The molecule has 5 rings (SSSR count). The second kappa shape index (κ2) is 7.98. The maximum absolute atomic E-state index is 13.3. The minimum atomic E-state index is -3.70. The Morgan fingerprint density at radius 3 is 2.47 bits per heavy atom. The fourth-order valence-electron chi connectivity index (χ4n) is 4.02. The molecular formula is C24H21N3O4S. The smallest absolute Gasteiger partial charge is 0.243 e. The van der Waals surface area contributed by atoms with Crippen LogP contribution in [0, 0.1) is 6.92 Å². The van der Waals surface area contributed by atoms with Crippen molar-refractivity contribution in [2.45, 2.75) is 31.0 Å². The molecule has 1 atom stereocenters. The van der Waals surface area contributed by atoms with Gasteiger partial charge < -0.3 is 9.52 Å². The van der Waals surface area contributed by atoms with Crippen LogP contribution in [0.15, 0.2) is 82.6 Å². The molecule has 4 aromatic rings. The molecule has 2 aromatic heterocycles. The quantitative estimate of drug-likeness (QED) is 0.499. The molecule has 0 saturated heterocycles. The third-order valence-electron chi connectivity index (χ3n) is 5.81. The predicted octanol–water partition coefficient (Wildman–Crippen LogP) is 3.83. The second-order valence-corrected chi connectivity index (χ2v) is 9.66. The average molecular weight is 448 g/mol. The first kappa shape index (κ1) is 20.6. The second-order valence-electron chi connectivity index (χ2n) is 7.72. The van der Waals surface area contributed by atoms with Crippen LogP contribution in [0.1, 0.15) is 34.1 Å². The fraction of sp³-hybridized carbons (Fsp3) is 0.167. The average Bonchev–Trinajstić information content (AvgIpc) is 3.51. The van der Waals surface area contributed by atoms with Crippen LogP contribution in [0.4, 0.5) is 0 Å². The summed E-state index contributed by atoms with van der Waals surface area (Å²) in [7, 11) is -3.70. The summed E-state index contributed by atoms with van der Waals surface area (Å²) in [5, 5.41) is 10.8. The molecule has 1 unspecified atom stereocenters. The molecule has 1 N–H and O–H groups in total. The summed E-state index contributed by atoms with van der Waals surface area (Å²) < 4.78 is 33.2. The van der Waals surface area contributed by atoms with Crippen LogP contribution in [0.25, 0.3) is 11.5 Å². The zero-order chi connectivity index (χ0) is 22.3. The standard InChI is InChI=1S/C24H21N3O4S/c1-16-21-15-27(14-19(21)13-26-22(16)23(28)17-5-3-2-4-6-17)32(29,30)20-9-7-18(8-10-20)24-25-11-12-31-24/h2-13,23,28H,14-15H2,1H3. The Bertz CT molecular complexity index is 1350. The number of pyridine rings is 1. The van der Waals surface area contributed by atoms with Crippen molar-refractivity contribution in [3.8, 4) is 11.5 Å². The Morgan fingerprint density at radius 1 is 1.03 bits per heavy atom. The topological polar surface area (TPSA) is 96.5 Å². The zero-order valence-electron chi connectivity index (χ0n) is 17.3. The summed E-state index contributed by atoms with van der Waals surface area (Å²) in [6, 6.07) is 15.8. The highest BCUT2D eigenvalue weighted by Crippen LogP contribution is 2.34. The normalized spacial score (nSPS) is 14.9.